The van der Waals surface area contributed by atoms with Crippen molar-refractivity contribution in [3.05, 3.63) is 52.0 Å². The van der Waals surface area contributed by atoms with Crippen LogP contribution in [-0.4, -0.2) is 38.1 Å². The van der Waals surface area contributed by atoms with E-state index in [1.165, 1.54) is 25.3 Å². The molecule has 1 aliphatic heterocycles. The average Bonchev–Trinajstić information content (AvgIpc) is 2.68. The topological polar surface area (TPSA) is 50.8 Å². The SMILES string of the molecule is CCCN1CCc2c(cccc2NC(=O)c2cc(Cl)c(OC)cc2OC)C1. The van der Waals surface area contributed by atoms with E-state index in [4.69, 9.17) is 21.1 Å². The number of methoxy groups -OCH3 is 2. The first-order valence-electron chi connectivity index (χ1n) is 9.13. The predicted octanol–water partition coefficient (Wildman–Crippen LogP) is 4.38. The van der Waals surface area contributed by atoms with Crippen LogP contribution >= 0.6 is 11.6 Å². The number of anilines is 1. The molecule has 0 aliphatic carbocycles. The molecule has 2 aromatic rings. The number of amides is 1. The van der Waals surface area contributed by atoms with E-state index in [2.05, 4.69) is 23.2 Å². The number of rotatable bonds is 6. The number of nitrogens with one attached hydrogen (secondary N) is 1. The van der Waals surface area contributed by atoms with Crippen molar-refractivity contribution in [2.24, 2.45) is 0 Å². The van der Waals surface area contributed by atoms with E-state index in [0.29, 0.717) is 22.1 Å². The molecule has 0 radical (unpaired) electrons. The molecule has 5 nitrogen and oxygen atoms in total. The molecule has 144 valence electrons. The Bertz CT molecular complexity index is 838. The summed E-state index contributed by atoms with van der Waals surface area (Å²) in [6, 6.07) is 9.27. The van der Waals surface area contributed by atoms with E-state index in [1.807, 2.05) is 12.1 Å². The minimum atomic E-state index is -0.249. The molecule has 0 fully saturated rings. The highest BCUT2D eigenvalue weighted by atomic mass is 35.5. The molecule has 1 amide bonds. The second-order valence-electron chi connectivity index (χ2n) is 6.61. The van der Waals surface area contributed by atoms with Crippen molar-refractivity contribution >= 4 is 23.2 Å². The van der Waals surface area contributed by atoms with Crippen molar-refractivity contribution in [3.8, 4) is 11.5 Å². The zero-order valence-corrected chi connectivity index (χ0v) is 16.7. The molecule has 6 heteroatoms. The first-order valence-corrected chi connectivity index (χ1v) is 9.51. The third-order valence-electron chi connectivity index (χ3n) is 4.85. The van der Waals surface area contributed by atoms with Gasteiger partial charge in [0.2, 0.25) is 0 Å². The predicted molar refractivity (Wildman–Crippen MR) is 108 cm³/mol. The van der Waals surface area contributed by atoms with Gasteiger partial charge in [0.25, 0.3) is 5.91 Å². The molecular formula is C21H25ClN2O3. The van der Waals surface area contributed by atoms with Gasteiger partial charge in [0.05, 0.1) is 24.8 Å². The maximum absolute atomic E-state index is 12.9. The van der Waals surface area contributed by atoms with Gasteiger partial charge in [-0.1, -0.05) is 30.7 Å². The second kappa shape index (κ2) is 8.63. The maximum Gasteiger partial charge on any atom is 0.259 e. The average molecular weight is 389 g/mol. The molecule has 0 unspecified atom stereocenters. The molecule has 0 bridgehead atoms. The Labute approximate surface area is 165 Å². The molecule has 3 rings (SSSR count). The third-order valence-corrected chi connectivity index (χ3v) is 5.15. The van der Waals surface area contributed by atoms with E-state index in [0.717, 1.165) is 38.2 Å². The number of carbonyl (C=O) groups is 1. The minimum Gasteiger partial charge on any atom is -0.496 e. The summed E-state index contributed by atoms with van der Waals surface area (Å²) in [4.78, 5) is 15.3. The summed E-state index contributed by atoms with van der Waals surface area (Å²) in [5, 5.41) is 3.40. The Morgan fingerprint density at radius 3 is 2.70 bits per heavy atom. The summed E-state index contributed by atoms with van der Waals surface area (Å²) in [7, 11) is 3.05. The van der Waals surface area contributed by atoms with Gasteiger partial charge in [0, 0.05) is 24.8 Å². The van der Waals surface area contributed by atoms with Crippen molar-refractivity contribution in [2.45, 2.75) is 26.3 Å². The van der Waals surface area contributed by atoms with Crippen LogP contribution in [0.15, 0.2) is 30.3 Å². The van der Waals surface area contributed by atoms with Gasteiger partial charge in [-0.3, -0.25) is 9.69 Å². The van der Waals surface area contributed by atoms with Crippen molar-refractivity contribution in [2.75, 3.05) is 32.6 Å². The Morgan fingerprint density at radius 1 is 1.22 bits per heavy atom. The number of ether oxygens (including phenoxy) is 2. The number of carbonyl (C=O) groups excluding carboxylic acids is 1. The summed E-state index contributed by atoms with van der Waals surface area (Å²) in [6.07, 6.45) is 2.07. The molecule has 1 aliphatic rings. The summed E-state index contributed by atoms with van der Waals surface area (Å²) < 4.78 is 10.5. The fourth-order valence-electron chi connectivity index (χ4n) is 3.52. The monoisotopic (exact) mass is 388 g/mol. The molecule has 0 atom stereocenters. The Morgan fingerprint density at radius 2 is 2.00 bits per heavy atom. The van der Waals surface area contributed by atoms with Crippen LogP contribution in [0.25, 0.3) is 0 Å². The van der Waals surface area contributed by atoms with Crippen LogP contribution in [-0.2, 0) is 13.0 Å². The van der Waals surface area contributed by atoms with E-state index in [1.54, 1.807) is 12.1 Å². The molecule has 0 saturated carbocycles. The second-order valence-corrected chi connectivity index (χ2v) is 7.02. The fourth-order valence-corrected chi connectivity index (χ4v) is 3.76. The van der Waals surface area contributed by atoms with Crippen molar-refractivity contribution < 1.29 is 14.3 Å². The van der Waals surface area contributed by atoms with E-state index in [-0.39, 0.29) is 5.91 Å². The van der Waals surface area contributed by atoms with Crippen LogP contribution in [0.4, 0.5) is 5.69 Å². The lowest BCUT2D eigenvalue weighted by molar-refractivity contribution is 0.102. The van der Waals surface area contributed by atoms with Crippen LogP contribution in [0.5, 0.6) is 11.5 Å². The van der Waals surface area contributed by atoms with Gasteiger partial charge in [-0.25, -0.2) is 0 Å². The first-order chi connectivity index (χ1) is 13.1. The number of nitrogens with zero attached hydrogens (tertiary/aromatic N) is 1. The lowest BCUT2D eigenvalue weighted by atomic mass is 9.97. The number of hydrogen-bond acceptors (Lipinski definition) is 4. The molecule has 2 aromatic carbocycles. The standard InChI is InChI=1S/C21H25ClN2O3/c1-4-9-24-10-8-15-14(13-24)6-5-7-18(15)23-21(25)16-11-17(22)20(27-3)12-19(16)26-2/h5-7,11-12H,4,8-10,13H2,1-3H3,(H,23,25). The summed E-state index contributed by atoms with van der Waals surface area (Å²) in [5.41, 5.74) is 3.70. The normalized spacial score (nSPS) is 13.8. The van der Waals surface area contributed by atoms with Gasteiger partial charge >= 0.3 is 0 Å². The highest BCUT2D eigenvalue weighted by Crippen LogP contribution is 2.33. The Hall–Kier alpha value is -2.24. The first kappa shape index (κ1) is 19.5. The number of hydrogen-bond donors (Lipinski definition) is 1. The number of halogens is 1. The van der Waals surface area contributed by atoms with Crippen LogP contribution in [0, 0.1) is 0 Å². The van der Waals surface area contributed by atoms with Gasteiger partial charge in [-0.15, -0.1) is 0 Å². The zero-order chi connectivity index (χ0) is 19.4. The molecule has 1 heterocycles. The van der Waals surface area contributed by atoms with Crippen molar-refractivity contribution in [1.29, 1.82) is 0 Å². The van der Waals surface area contributed by atoms with Gasteiger partial charge in [-0.05, 0) is 42.6 Å². The van der Waals surface area contributed by atoms with Crippen LogP contribution in [0.1, 0.15) is 34.8 Å². The molecule has 0 aromatic heterocycles. The Balaban J connectivity index is 1.86. The van der Waals surface area contributed by atoms with Gasteiger partial charge in [0.1, 0.15) is 11.5 Å². The molecule has 27 heavy (non-hydrogen) atoms. The summed E-state index contributed by atoms with van der Waals surface area (Å²) in [5.74, 6) is 0.645. The van der Waals surface area contributed by atoms with Crippen LogP contribution in [0.2, 0.25) is 5.02 Å². The number of benzene rings is 2. The summed E-state index contributed by atoms with van der Waals surface area (Å²) in [6.45, 7) is 5.22. The van der Waals surface area contributed by atoms with Crippen LogP contribution < -0.4 is 14.8 Å². The fraction of sp³-hybridized carbons (Fsp3) is 0.381. The lowest BCUT2D eigenvalue weighted by Gasteiger charge is -2.29. The highest BCUT2D eigenvalue weighted by molar-refractivity contribution is 6.32. The molecule has 0 spiro atoms. The van der Waals surface area contributed by atoms with Crippen LogP contribution in [0.3, 0.4) is 0 Å². The largest absolute Gasteiger partial charge is 0.496 e. The number of fused-ring (bicyclic) bond motifs is 1. The van der Waals surface area contributed by atoms with E-state index in [9.17, 15) is 4.79 Å². The highest BCUT2D eigenvalue weighted by Gasteiger charge is 2.21. The van der Waals surface area contributed by atoms with Gasteiger partial charge in [0.15, 0.2) is 0 Å². The lowest BCUT2D eigenvalue weighted by Crippen LogP contribution is -2.31. The third kappa shape index (κ3) is 4.20. The molecule has 0 saturated heterocycles. The minimum absolute atomic E-state index is 0.249. The smallest absolute Gasteiger partial charge is 0.259 e. The zero-order valence-electron chi connectivity index (χ0n) is 16.0. The van der Waals surface area contributed by atoms with Gasteiger partial charge < -0.3 is 14.8 Å². The Kier molecular flexibility index (Phi) is 6.24. The molecular weight excluding hydrogens is 364 g/mol. The van der Waals surface area contributed by atoms with E-state index < -0.39 is 0 Å². The summed E-state index contributed by atoms with van der Waals surface area (Å²) >= 11 is 6.20. The quantitative estimate of drug-likeness (QED) is 0.797. The van der Waals surface area contributed by atoms with Gasteiger partial charge in [-0.2, -0.15) is 0 Å². The molecule has 1 N–H and O–H groups in total. The maximum atomic E-state index is 12.9. The van der Waals surface area contributed by atoms with Crippen molar-refractivity contribution in [3.63, 3.8) is 0 Å². The van der Waals surface area contributed by atoms with E-state index >= 15 is 0 Å². The van der Waals surface area contributed by atoms with Crippen molar-refractivity contribution in [1.82, 2.24) is 4.90 Å².